The van der Waals surface area contributed by atoms with Gasteiger partial charge in [0.15, 0.2) is 5.75 Å². The number of hydrogen-bond acceptors (Lipinski definition) is 4. The van der Waals surface area contributed by atoms with Gasteiger partial charge in [0.2, 0.25) is 0 Å². The lowest BCUT2D eigenvalue weighted by molar-refractivity contribution is 0.197. The van der Waals surface area contributed by atoms with Crippen molar-refractivity contribution in [2.75, 3.05) is 20.3 Å². The van der Waals surface area contributed by atoms with E-state index in [0.717, 1.165) is 39.0 Å². The van der Waals surface area contributed by atoms with Crippen molar-refractivity contribution in [3.05, 3.63) is 25.4 Å². The molecule has 3 rings (SSSR count). The monoisotopic (exact) mass is 377 g/mol. The predicted molar refractivity (Wildman–Crippen MR) is 84.4 cm³/mol. The molecule has 0 aliphatic carbocycles. The minimum absolute atomic E-state index is 0.122. The summed E-state index contributed by atoms with van der Waals surface area (Å²) in [7, 11) is 1.60. The highest BCUT2D eigenvalue weighted by molar-refractivity contribution is 9.11. The zero-order valence-electron chi connectivity index (χ0n) is 10.8. The van der Waals surface area contributed by atoms with Gasteiger partial charge in [-0.1, -0.05) is 0 Å². The first-order chi connectivity index (χ1) is 9.63. The van der Waals surface area contributed by atoms with Crippen LogP contribution in [-0.4, -0.2) is 25.3 Å². The summed E-state index contributed by atoms with van der Waals surface area (Å²) in [5.41, 5.74) is 1.71. The lowest BCUT2D eigenvalue weighted by Crippen LogP contribution is -2.15. The molecule has 0 saturated carbocycles. The molecule has 0 fully saturated rings. The van der Waals surface area contributed by atoms with Gasteiger partial charge in [-0.25, -0.2) is 0 Å². The van der Waals surface area contributed by atoms with Crippen LogP contribution in [-0.2, 0) is 11.2 Å². The second-order valence-corrected chi connectivity index (χ2v) is 7.50. The van der Waals surface area contributed by atoms with Crippen molar-refractivity contribution in [1.29, 1.82) is 0 Å². The molecule has 7 heteroatoms. The molecule has 1 unspecified atom stereocenters. The van der Waals surface area contributed by atoms with E-state index < -0.39 is 0 Å². The summed E-state index contributed by atoms with van der Waals surface area (Å²) in [6.45, 7) is 1.00. The molecule has 3 heterocycles. The maximum absolute atomic E-state index is 12.3. The Hall–Kier alpha value is -0.560. The van der Waals surface area contributed by atoms with Gasteiger partial charge in [0.1, 0.15) is 8.49 Å². The number of aromatic amines is 1. The molecule has 1 aliphatic heterocycles. The molecule has 1 aliphatic rings. The molecule has 4 nitrogen and oxygen atoms in total. The molecule has 0 aromatic carbocycles. The number of thiophene rings is 1. The Bertz CT molecular complexity index is 712. The number of halogens is 2. The molecular formula is C13H13BrClNO3S. The van der Waals surface area contributed by atoms with Gasteiger partial charge in [-0.15, -0.1) is 22.9 Å². The molecule has 0 spiro atoms. The Kier molecular flexibility index (Phi) is 4.08. The number of nitrogens with one attached hydrogen (secondary N) is 1. The zero-order valence-corrected chi connectivity index (χ0v) is 14.0. The maximum atomic E-state index is 12.3. The fourth-order valence-electron chi connectivity index (χ4n) is 2.52. The third-order valence-corrected chi connectivity index (χ3v) is 5.50. The fraction of sp³-hybridized carbons (Fsp3) is 0.462. The third-order valence-electron chi connectivity index (χ3n) is 3.35. The molecular weight excluding hydrogens is 366 g/mol. The van der Waals surface area contributed by atoms with Gasteiger partial charge in [-0.05, 0) is 34.3 Å². The summed E-state index contributed by atoms with van der Waals surface area (Å²) in [6.07, 6.45) is 1.74. The van der Waals surface area contributed by atoms with Crippen molar-refractivity contribution in [3.63, 3.8) is 0 Å². The summed E-state index contributed by atoms with van der Waals surface area (Å²) in [5.74, 6) is 0.770. The Labute approximate surface area is 133 Å². The molecule has 1 N–H and O–H groups in total. The molecule has 0 amide bonds. The molecule has 0 radical (unpaired) electrons. The lowest BCUT2D eigenvalue weighted by Gasteiger charge is -2.14. The van der Waals surface area contributed by atoms with Crippen molar-refractivity contribution in [2.45, 2.75) is 18.2 Å². The van der Waals surface area contributed by atoms with E-state index in [-0.39, 0.29) is 10.9 Å². The summed E-state index contributed by atoms with van der Waals surface area (Å²) in [5, 5.41) is 0.539. The number of pyridine rings is 1. The van der Waals surface area contributed by atoms with Crippen molar-refractivity contribution < 1.29 is 9.47 Å². The van der Waals surface area contributed by atoms with E-state index in [1.165, 1.54) is 11.3 Å². The number of aryl methyl sites for hydroxylation is 1. The highest BCUT2D eigenvalue weighted by Crippen LogP contribution is 2.45. The standard InChI is InChI=1S/C13H13BrClNO3S/c1-18-5-7(15)9-6-3-2-4-19-10-8(6)11(13(17)16-9)20-12(10)14/h7H,2-5H2,1H3,(H,16,17). The zero-order chi connectivity index (χ0) is 14.3. The van der Waals surface area contributed by atoms with Crippen LogP contribution < -0.4 is 10.3 Å². The van der Waals surface area contributed by atoms with E-state index in [0.29, 0.717) is 17.9 Å². The van der Waals surface area contributed by atoms with Crippen molar-refractivity contribution in [2.24, 2.45) is 0 Å². The highest BCUT2D eigenvalue weighted by atomic mass is 79.9. The SMILES string of the molecule is COCC(Cl)c1[nH]c(=O)c2sc(Br)c3c2c1CCCO3. The van der Waals surface area contributed by atoms with Crippen LogP contribution in [0.1, 0.15) is 23.1 Å². The molecule has 1 atom stereocenters. The first-order valence-electron chi connectivity index (χ1n) is 6.26. The molecule has 2 aromatic rings. The normalized spacial score (nSPS) is 15.9. The number of H-pyrrole nitrogens is 1. The molecule has 0 saturated heterocycles. The second-order valence-electron chi connectivity index (χ2n) is 4.63. The van der Waals surface area contributed by atoms with Crippen LogP contribution in [0.15, 0.2) is 8.58 Å². The topological polar surface area (TPSA) is 51.3 Å². The van der Waals surface area contributed by atoms with Gasteiger partial charge >= 0.3 is 0 Å². The van der Waals surface area contributed by atoms with Crippen molar-refractivity contribution >= 4 is 49.0 Å². The maximum Gasteiger partial charge on any atom is 0.266 e. The first-order valence-corrected chi connectivity index (χ1v) is 8.31. The van der Waals surface area contributed by atoms with Gasteiger partial charge in [-0.2, -0.15) is 0 Å². The Morgan fingerprint density at radius 2 is 2.40 bits per heavy atom. The largest absolute Gasteiger partial charge is 0.491 e. The minimum atomic E-state index is -0.364. The van der Waals surface area contributed by atoms with Crippen molar-refractivity contribution in [3.8, 4) is 5.75 Å². The van der Waals surface area contributed by atoms with Crippen LogP contribution in [0.3, 0.4) is 0 Å². The first kappa shape index (κ1) is 14.4. The van der Waals surface area contributed by atoms with E-state index in [9.17, 15) is 4.79 Å². The number of hydrogen-bond donors (Lipinski definition) is 1. The number of rotatable bonds is 3. The number of ether oxygens (including phenoxy) is 2. The van der Waals surface area contributed by atoms with Gasteiger partial charge in [-0.3, -0.25) is 4.79 Å². The minimum Gasteiger partial charge on any atom is -0.491 e. The molecule has 20 heavy (non-hydrogen) atoms. The molecule has 0 bridgehead atoms. The number of methoxy groups -OCH3 is 1. The van der Waals surface area contributed by atoms with Crippen molar-refractivity contribution in [1.82, 2.24) is 4.98 Å². The van der Waals surface area contributed by atoms with Gasteiger partial charge < -0.3 is 14.5 Å². The van der Waals surface area contributed by atoms with Crippen LogP contribution in [0.2, 0.25) is 0 Å². The van der Waals surface area contributed by atoms with E-state index in [1.54, 1.807) is 7.11 Å². The Morgan fingerprint density at radius 3 is 3.15 bits per heavy atom. The summed E-state index contributed by atoms with van der Waals surface area (Å²) in [4.78, 5) is 15.2. The van der Waals surface area contributed by atoms with E-state index >= 15 is 0 Å². The van der Waals surface area contributed by atoms with Gasteiger partial charge in [0, 0.05) is 18.2 Å². The second kappa shape index (κ2) is 5.67. The lowest BCUT2D eigenvalue weighted by atomic mass is 10.0. The predicted octanol–water partition coefficient (Wildman–Crippen LogP) is 3.60. The molecule has 2 aromatic heterocycles. The van der Waals surface area contributed by atoms with E-state index in [1.807, 2.05) is 0 Å². The van der Waals surface area contributed by atoms with Crippen LogP contribution in [0.5, 0.6) is 5.75 Å². The van der Waals surface area contributed by atoms with Crippen LogP contribution in [0.25, 0.3) is 10.1 Å². The smallest absolute Gasteiger partial charge is 0.266 e. The van der Waals surface area contributed by atoms with E-state index in [4.69, 9.17) is 21.1 Å². The average Bonchev–Trinajstić information content (AvgIpc) is 2.61. The fourth-order valence-corrected chi connectivity index (χ4v) is 4.53. The summed E-state index contributed by atoms with van der Waals surface area (Å²) >= 11 is 11.2. The van der Waals surface area contributed by atoms with Crippen LogP contribution in [0, 0.1) is 0 Å². The van der Waals surface area contributed by atoms with Gasteiger partial charge in [0.25, 0.3) is 5.56 Å². The average molecular weight is 379 g/mol. The summed E-state index contributed by atoms with van der Waals surface area (Å²) < 4.78 is 12.4. The Morgan fingerprint density at radius 1 is 1.60 bits per heavy atom. The van der Waals surface area contributed by atoms with Crippen LogP contribution in [0.4, 0.5) is 0 Å². The van der Waals surface area contributed by atoms with Crippen LogP contribution >= 0.6 is 38.9 Å². The Balaban J connectivity index is 2.31. The number of aromatic nitrogens is 1. The molecule has 108 valence electrons. The quantitative estimate of drug-likeness (QED) is 0.830. The van der Waals surface area contributed by atoms with E-state index in [2.05, 4.69) is 20.9 Å². The highest BCUT2D eigenvalue weighted by Gasteiger charge is 2.25. The van der Waals surface area contributed by atoms with Gasteiger partial charge in [0.05, 0.1) is 18.6 Å². The number of alkyl halides is 1. The third kappa shape index (κ3) is 2.28. The summed E-state index contributed by atoms with van der Waals surface area (Å²) in [6, 6.07) is 0.